The number of ether oxygens (including phenoxy) is 1. The Kier molecular flexibility index (Phi) is 8.31. The topological polar surface area (TPSA) is 118 Å². The van der Waals surface area contributed by atoms with Crippen molar-refractivity contribution in [2.45, 2.75) is 49.1 Å². The standard InChI is InChI=1S/C29H35BrN6O4Si/c1-29(2,3)41(19-12-8-6-9-13-19,20-14-10-7-11-15-20)39-16-21-22(30)24(37)27(40-21)36-18-31-23-25(36)33-28(34-26(23)38)32-17-35(4)5/h6-15,17-18,21-22,24,27,37H,16H2,1-5H3,(H,33,34,38)/b32-17+/t21-,22+,24-,27-/m1/s1. The van der Waals surface area contributed by atoms with E-state index in [9.17, 15) is 9.90 Å². The van der Waals surface area contributed by atoms with Crippen LogP contribution >= 0.6 is 15.9 Å². The maximum Gasteiger partial charge on any atom is 0.280 e. The highest BCUT2D eigenvalue weighted by Crippen LogP contribution is 2.39. The second-order valence-electron chi connectivity index (χ2n) is 11.4. The van der Waals surface area contributed by atoms with E-state index in [1.807, 2.05) is 50.5 Å². The third-order valence-corrected chi connectivity index (χ3v) is 13.4. The maximum atomic E-state index is 12.7. The molecule has 3 heterocycles. The summed E-state index contributed by atoms with van der Waals surface area (Å²) in [5, 5.41) is 13.4. The summed E-state index contributed by atoms with van der Waals surface area (Å²) in [7, 11) is 0.822. The molecule has 4 atom stereocenters. The zero-order valence-electron chi connectivity index (χ0n) is 23.7. The summed E-state index contributed by atoms with van der Waals surface area (Å²) in [6.45, 7) is 6.90. The maximum absolute atomic E-state index is 12.7. The number of nitrogens with one attached hydrogen (secondary N) is 1. The number of imidazole rings is 1. The fourth-order valence-electron chi connectivity index (χ4n) is 5.37. The molecular formula is C29H35BrN6O4Si. The number of aliphatic hydroxyl groups excluding tert-OH is 1. The largest absolute Gasteiger partial charge is 0.405 e. The second kappa shape index (κ2) is 11.6. The number of hydrogen-bond donors (Lipinski definition) is 2. The Labute approximate surface area is 248 Å². The number of benzene rings is 2. The lowest BCUT2D eigenvalue weighted by Gasteiger charge is -2.43. The summed E-state index contributed by atoms with van der Waals surface area (Å²) in [4.78, 5) is 29.5. The van der Waals surface area contributed by atoms with Crippen LogP contribution in [0.2, 0.25) is 5.04 Å². The van der Waals surface area contributed by atoms with Crippen molar-refractivity contribution >= 4 is 58.1 Å². The van der Waals surface area contributed by atoms with Gasteiger partial charge < -0.3 is 19.2 Å². The molecule has 0 radical (unpaired) electrons. The molecular weight excluding hydrogens is 604 g/mol. The molecule has 0 unspecified atom stereocenters. The number of aromatic nitrogens is 4. The lowest BCUT2D eigenvalue weighted by atomic mass is 10.2. The van der Waals surface area contributed by atoms with Gasteiger partial charge in [0.1, 0.15) is 6.10 Å². The van der Waals surface area contributed by atoms with Gasteiger partial charge in [0.25, 0.3) is 13.9 Å². The summed E-state index contributed by atoms with van der Waals surface area (Å²) < 4.78 is 15.1. The number of nitrogens with zero attached hydrogens (tertiary/aromatic N) is 5. The van der Waals surface area contributed by atoms with E-state index in [2.05, 4.69) is 80.9 Å². The van der Waals surface area contributed by atoms with Crippen molar-refractivity contribution in [3.63, 3.8) is 0 Å². The van der Waals surface area contributed by atoms with Gasteiger partial charge in [0.15, 0.2) is 17.4 Å². The number of fused-ring (bicyclic) bond motifs is 1. The van der Waals surface area contributed by atoms with Gasteiger partial charge in [-0.3, -0.25) is 14.3 Å². The number of aromatic amines is 1. The van der Waals surface area contributed by atoms with E-state index in [1.165, 1.54) is 6.33 Å². The molecule has 12 heteroatoms. The Bertz CT molecular complexity index is 1530. The number of H-pyrrole nitrogens is 1. The van der Waals surface area contributed by atoms with Crippen molar-refractivity contribution in [2.75, 3.05) is 20.7 Å². The molecule has 4 aromatic rings. The van der Waals surface area contributed by atoms with E-state index in [0.717, 1.165) is 10.4 Å². The summed E-state index contributed by atoms with van der Waals surface area (Å²) >= 11 is 3.67. The molecule has 2 aromatic carbocycles. The predicted molar refractivity (Wildman–Crippen MR) is 166 cm³/mol. The van der Waals surface area contributed by atoms with Crippen LogP contribution in [0.5, 0.6) is 0 Å². The van der Waals surface area contributed by atoms with Crippen molar-refractivity contribution in [3.05, 3.63) is 77.3 Å². The average Bonchev–Trinajstić information content (AvgIpc) is 3.49. The zero-order valence-corrected chi connectivity index (χ0v) is 26.3. The molecule has 41 heavy (non-hydrogen) atoms. The molecule has 0 amide bonds. The molecule has 1 aliphatic heterocycles. The number of alkyl halides is 1. The molecule has 2 aromatic heterocycles. The van der Waals surface area contributed by atoms with Gasteiger partial charge in [0.2, 0.25) is 5.95 Å². The third kappa shape index (κ3) is 5.54. The molecule has 0 spiro atoms. The van der Waals surface area contributed by atoms with Crippen LogP contribution in [0.15, 0.2) is 76.8 Å². The summed E-state index contributed by atoms with van der Waals surface area (Å²) in [5.41, 5.74) is -0.00574. The second-order valence-corrected chi connectivity index (χ2v) is 16.8. The van der Waals surface area contributed by atoms with Crippen molar-refractivity contribution in [2.24, 2.45) is 4.99 Å². The first-order valence-corrected chi connectivity index (χ1v) is 16.3. The van der Waals surface area contributed by atoms with Gasteiger partial charge >= 0.3 is 0 Å². The average molecular weight is 640 g/mol. The Morgan fingerprint density at radius 2 is 1.76 bits per heavy atom. The van der Waals surface area contributed by atoms with E-state index < -0.39 is 37.1 Å². The van der Waals surface area contributed by atoms with Crippen LogP contribution in [0.4, 0.5) is 5.95 Å². The van der Waals surface area contributed by atoms with E-state index in [-0.39, 0.29) is 28.8 Å². The number of halogens is 1. The normalized spacial score (nSPS) is 21.6. The van der Waals surface area contributed by atoms with Crippen molar-refractivity contribution < 1.29 is 14.3 Å². The quantitative estimate of drug-likeness (QED) is 0.132. The molecule has 5 rings (SSSR count). The highest BCUT2D eigenvalue weighted by atomic mass is 79.9. The highest BCUT2D eigenvalue weighted by Gasteiger charge is 2.52. The minimum absolute atomic E-state index is 0.132. The van der Waals surface area contributed by atoms with Gasteiger partial charge in [0, 0.05) is 14.1 Å². The van der Waals surface area contributed by atoms with Gasteiger partial charge in [-0.05, 0) is 15.4 Å². The Balaban J connectivity index is 1.47. The highest BCUT2D eigenvalue weighted by molar-refractivity contribution is 9.09. The summed E-state index contributed by atoms with van der Waals surface area (Å²) in [6, 6.07) is 20.8. The van der Waals surface area contributed by atoms with E-state index in [1.54, 1.807) is 15.8 Å². The Hall–Kier alpha value is -3.16. The fraction of sp³-hybridized carbons (Fsp3) is 0.379. The molecule has 0 bridgehead atoms. The molecule has 0 saturated carbocycles. The number of hydrogen-bond acceptors (Lipinski definition) is 7. The lowest BCUT2D eigenvalue weighted by Crippen LogP contribution is -2.67. The van der Waals surface area contributed by atoms with Crippen LogP contribution in [0, 0.1) is 0 Å². The first kappa shape index (κ1) is 29.3. The van der Waals surface area contributed by atoms with Gasteiger partial charge in [-0.2, -0.15) is 4.98 Å². The van der Waals surface area contributed by atoms with E-state index >= 15 is 0 Å². The van der Waals surface area contributed by atoms with Crippen LogP contribution in [-0.2, 0) is 9.16 Å². The van der Waals surface area contributed by atoms with E-state index in [0.29, 0.717) is 0 Å². The summed E-state index contributed by atoms with van der Waals surface area (Å²) in [6.07, 6.45) is 0.735. The van der Waals surface area contributed by atoms with Gasteiger partial charge in [-0.15, -0.1) is 0 Å². The van der Waals surface area contributed by atoms with Crippen LogP contribution in [0.25, 0.3) is 11.2 Å². The molecule has 10 nitrogen and oxygen atoms in total. The molecule has 1 saturated heterocycles. The van der Waals surface area contributed by atoms with Crippen LogP contribution in [0.3, 0.4) is 0 Å². The van der Waals surface area contributed by atoms with E-state index in [4.69, 9.17) is 9.16 Å². The van der Waals surface area contributed by atoms with Gasteiger partial charge in [0.05, 0.1) is 30.2 Å². The van der Waals surface area contributed by atoms with Crippen LogP contribution in [0.1, 0.15) is 27.0 Å². The summed E-state index contributed by atoms with van der Waals surface area (Å²) in [5.74, 6) is 0.132. The van der Waals surface area contributed by atoms with Gasteiger partial charge in [-0.25, -0.2) is 9.98 Å². The fourth-order valence-corrected chi connectivity index (χ4v) is 10.5. The Morgan fingerprint density at radius 1 is 1.15 bits per heavy atom. The molecule has 2 N–H and O–H groups in total. The van der Waals surface area contributed by atoms with Crippen LogP contribution in [-0.4, -0.2) is 81.9 Å². The van der Waals surface area contributed by atoms with Gasteiger partial charge in [-0.1, -0.05) is 97.4 Å². The smallest absolute Gasteiger partial charge is 0.280 e. The van der Waals surface area contributed by atoms with Crippen molar-refractivity contribution in [1.29, 1.82) is 0 Å². The van der Waals surface area contributed by atoms with Crippen molar-refractivity contribution in [1.82, 2.24) is 24.4 Å². The molecule has 0 aliphatic carbocycles. The first-order valence-electron chi connectivity index (χ1n) is 13.4. The number of rotatable bonds is 8. The zero-order chi connectivity index (χ0) is 29.4. The predicted octanol–water partition coefficient (Wildman–Crippen LogP) is 2.94. The Morgan fingerprint density at radius 3 is 2.32 bits per heavy atom. The van der Waals surface area contributed by atoms with Crippen molar-refractivity contribution in [3.8, 4) is 0 Å². The number of aliphatic hydroxyl groups is 1. The SMILES string of the molecule is CN(C)/C=N/c1nc2c(ncn2[C@@H]2O[C@H](CO[Si](c3ccccc3)(c3ccccc3)C(C)(C)C)[C@H](Br)[C@H]2O)c(=O)[nH]1. The van der Waals surface area contributed by atoms with Crippen LogP contribution < -0.4 is 15.9 Å². The molecule has 1 aliphatic rings. The molecule has 1 fully saturated rings. The monoisotopic (exact) mass is 638 g/mol. The minimum atomic E-state index is -2.81. The molecule has 216 valence electrons. The minimum Gasteiger partial charge on any atom is -0.405 e. The third-order valence-electron chi connectivity index (χ3n) is 7.27. The lowest BCUT2D eigenvalue weighted by molar-refractivity contribution is -0.0466. The number of aliphatic imine (C=N–C) groups is 1. The first-order chi connectivity index (χ1) is 19.5.